The molecule has 0 amide bonds. The van der Waals surface area contributed by atoms with Crippen molar-refractivity contribution in [1.82, 2.24) is 0 Å². The van der Waals surface area contributed by atoms with Gasteiger partial charge in [0.25, 0.3) is 0 Å². The van der Waals surface area contributed by atoms with Crippen LogP contribution in [0.4, 0.5) is 4.39 Å². The van der Waals surface area contributed by atoms with E-state index < -0.39 is 0 Å². The minimum atomic E-state index is -0.322. The van der Waals surface area contributed by atoms with Crippen molar-refractivity contribution in [3.05, 3.63) is 59.4 Å². The summed E-state index contributed by atoms with van der Waals surface area (Å²) in [4.78, 5) is 11.8. The van der Waals surface area contributed by atoms with Gasteiger partial charge in [0, 0.05) is 12.5 Å². The van der Waals surface area contributed by atoms with Gasteiger partial charge in [0.1, 0.15) is 17.3 Å². The number of aryl methyl sites for hydroxylation is 1. The maximum atomic E-state index is 13.5. The monoisotopic (exact) mass is 258 g/mol. The van der Waals surface area contributed by atoms with E-state index in [1.54, 1.807) is 50.2 Å². The summed E-state index contributed by atoms with van der Waals surface area (Å²) in [7, 11) is 0. The standard InChI is InChI=1S/C16H15FO2/c1-3-15(18)13-6-4-5-7-16(13)19-12-9-8-11(2)14(17)10-12/h4-10H,3H2,1-2H3. The third-order valence-electron chi connectivity index (χ3n) is 2.88. The van der Waals surface area contributed by atoms with Gasteiger partial charge in [-0.25, -0.2) is 4.39 Å². The van der Waals surface area contributed by atoms with Crippen LogP contribution >= 0.6 is 0 Å². The Hall–Kier alpha value is -2.16. The molecule has 0 radical (unpaired) electrons. The zero-order valence-corrected chi connectivity index (χ0v) is 10.9. The molecule has 0 heterocycles. The zero-order valence-electron chi connectivity index (χ0n) is 10.9. The first-order chi connectivity index (χ1) is 9.11. The second-order valence-electron chi connectivity index (χ2n) is 4.29. The van der Waals surface area contributed by atoms with Gasteiger partial charge in [-0.2, -0.15) is 0 Å². The van der Waals surface area contributed by atoms with E-state index in [1.165, 1.54) is 6.07 Å². The summed E-state index contributed by atoms with van der Waals surface area (Å²) in [6, 6.07) is 11.6. The molecule has 0 N–H and O–H groups in total. The Morgan fingerprint density at radius 1 is 1.21 bits per heavy atom. The molecule has 0 fully saturated rings. The van der Waals surface area contributed by atoms with Crippen molar-refractivity contribution >= 4 is 5.78 Å². The number of rotatable bonds is 4. The molecule has 0 spiro atoms. The quantitative estimate of drug-likeness (QED) is 0.754. The van der Waals surface area contributed by atoms with Gasteiger partial charge in [-0.3, -0.25) is 4.79 Å². The molecule has 2 aromatic rings. The largest absolute Gasteiger partial charge is 0.457 e. The fraction of sp³-hybridized carbons (Fsp3) is 0.188. The summed E-state index contributed by atoms with van der Waals surface area (Å²) in [6.45, 7) is 3.48. The number of para-hydroxylation sites is 1. The van der Waals surface area contributed by atoms with Crippen molar-refractivity contribution in [2.75, 3.05) is 0 Å². The number of ether oxygens (including phenoxy) is 1. The van der Waals surface area contributed by atoms with Crippen LogP contribution in [0, 0.1) is 12.7 Å². The van der Waals surface area contributed by atoms with E-state index in [4.69, 9.17) is 4.74 Å². The van der Waals surface area contributed by atoms with E-state index in [0.717, 1.165) is 0 Å². The van der Waals surface area contributed by atoms with E-state index in [-0.39, 0.29) is 11.6 Å². The van der Waals surface area contributed by atoms with Crippen LogP contribution in [0.5, 0.6) is 11.5 Å². The van der Waals surface area contributed by atoms with Crippen molar-refractivity contribution in [2.45, 2.75) is 20.3 Å². The Morgan fingerprint density at radius 2 is 1.95 bits per heavy atom. The fourth-order valence-electron chi connectivity index (χ4n) is 1.74. The normalized spacial score (nSPS) is 10.3. The maximum absolute atomic E-state index is 13.5. The summed E-state index contributed by atoms with van der Waals surface area (Å²) in [6.07, 6.45) is 0.405. The summed E-state index contributed by atoms with van der Waals surface area (Å²) in [5, 5.41) is 0. The Labute approximate surface area is 111 Å². The summed E-state index contributed by atoms with van der Waals surface area (Å²) in [5.74, 6) is 0.525. The number of hydrogen-bond donors (Lipinski definition) is 0. The molecule has 2 nitrogen and oxygen atoms in total. The van der Waals surface area contributed by atoms with E-state index >= 15 is 0 Å². The minimum Gasteiger partial charge on any atom is -0.457 e. The smallest absolute Gasteiger partial charge is 0.166 e. The molecule has 0 aliphatic heterocycles. The van der Waals surface area contributed by atoms with Crippen molar-refractivity contribution < 1.29 is 13.9 Å². The third kappa shape index (κ3) is 2.99. The highest BCUT2D eigenvalue weighted by molar-refractivity contribution is 5.98. The molecular weight excluding hydrogens is 243 g/mol. The first kappa shape index (κ1) is 13.3. The molecule has 3 heteroatoms. The van der Waals surface area contributed by atoms with Crippen molar-refractivity contribution in [3.8, 4) is 11.5 Å². The van der Waals surface area contributed by atoms with Crippen LogP contribution in [-0.2, 0) is 0 Å². The van der Waals surface area contributed by atoms with E-state index in [9.17, 15) is 9.18 Å². The highest BCUT2D eigenvalue weighted by Crippen LogP contribution is 2.27. The van der Waals surface area contributed by atoms with Gasteiger partial charge in [-0.15, -0.1) is 0 Å². The van der Waals surface area contributed by atoms with Crippen LogP contribution in [-0.4, -0.2) is 5.78 Å². The Balaban J connectivity index is 2.32. The maximum Gasteiger partial charge on any atom is 0.166 e. The van der Waals surface area contributed by atoms with Crippen molar-refractivity contribution in [3.63, 3.8) is 0 Å². The van der Waals surface area contributed by atoms with Crippen molar-refractivity contribution in [2.24, 2.45) is 0 Å². The van der Waals surface area contributed by atoms with Crippen LogP contribution in [0.2, 0.25) is 0 Å². The van der Waals surface area contributed by atoms with Gasteiger partial charge in [-0.1, -0.05) is 25.1 Å². The molecule has 0 aliphatic rings. The molecular formula is C16H15FO2. The molecule has 0 bridgehead atoms. The number of ketones is 1. The molecule has 0 saturated carbocycles. The molecule has 0 aromatic heterocycles. The Kier molecular flexibility index (Phi) is 3.95. The molecule has 19 heavy (non-hydrogen) atoms. The van der Waals surface area contributed by atoms with Gasteiger partial charge in [-0.05, 0) is 30.7 Å². The first-order valence-electron chi connectivity index (χ1n) is 6.18. The zero-order chi connectivity index (χ0) is 13.8. The van der Waals surface area contributed by atoms with E-state index in [1.807, 2.05) is 0 Å². The lowest BCUT2D eigenvalue weighted by Crippen LogP contribution is -2.00. The number of halogens is 1. The molecule has 0 unspecified atom stereocenters. The lowest BCUT2D eigenvalue weighted by molar-refractivity contribution is 0.0986. The number of carbonyl (C=O) groups excluding carboxylic acids is 1. The van der Waals surface area contributed by atoms with E-state index in [2.05, 4.69) is 0 Å². The minimum absolute atomic E-state index is 0.00295. The van der Waals surface area contributed by atoms with Crippen LogP contribution in [0.15, 0.2) is 42.5 Å². The lowest BCUT2D eigenvalue weighted by Gasteiger charge is -2.10. The third-order valence-corrected chi connectivity index (χ3v) is 2.88. The summed E-state index contributed by atoms with van der Waals surface area (Å²) in [5.41, 5.74) is 1.08. The average molecular weight is 258 g/mol. The first-order valence-corrected chi connectivity index (χ1v) is 6.18. The summed E-state index contributed by atoms with van der Waals surface area (Å²) < 4.78 is 19.1. The molecule has 98 valence electrons. The number of hydrogen-bond acceptors (Lipinski definition) is 2. The average Bonchev–Trinajstić information content (AvgIpc) is 2.43. The molecule has 2 rings (SSSR count). The van der Waals surface area contributed by atoms with Crippen LogP contribution in [0.3, 0.4) is 0 Å². The van der Waals surface area contributed by atoms with Crippen molar-refractivity contribution in [1.29, 1.82) is 0 Å². The SMILES string of the molecule is CCC(=O)c1ccccc1Oc1ccc(C)c(F)c1. The van der Waals surface area contributed by atoms with Crippen LogP contribution in [0.25, 0.3) is 0 Å². The number of Topliss-reactive ketones (excluding diaryl/α,β-unsaturated/α-hetero) is 1. The highest BCUT2D eigenvalue weighted by Gasteiger charge is 2.11. The molecule has 0 atom stereocenters. The summed E-state index contributed by atoms with van der Waals surface area (Å²) >= 11 is 0. The number of carbonyl (C=O) groups is 1. The second-order valence-corrected chi connectivity index (χ2v) is 4.29. The van der Waals surface area contributed by atoms with Crippen LogP contribution in [0.1, 0.15) is 29.3 Å². The van der Waals surface area contributed by atoms with Crippen LogP contribution < -0.4 is 4.74 Å². The van der Waals surface area contributed by atoms with Gasteiger partial charge >= 0.3 is 0 Å². The highest BCUT2D eigenvalue weighted by atomic mass is 19.1. The Bertz CT molecular complexity index is 605. The number of benzene rings is 2. The van der Waals surface area contributed by atoms with Gasteiger partial charge in [0.05, 0.1) is 5.56 Å². The predicted molar refractivity (Wildman–Crippen MR) is 72.3 cm³/mol. The topological polar surface area (TPSA) is 26.3 Å². The molecule has 0 aliphatic carbocycles. The van der Waals surface area contributed by atoms with Gasteiger partial charge < -0.3 is 4.74 Å². The predicted octanol–water partition coefficient (Wildman–Crippen LogP) is 4.52. The lowest BCUT2D eigenvalue weighted by atomic mass is 10.1. The Morgan fingerprint density at radius 3 is 2.63 bits per heavy atom. The van der Waals surface area contributed by atoms with Gasteiger partial charge in [0.15, 0.2) is 5.78 Å². The van der Waals surface area contributed by atoms with E-state index in [0.29, 0.717) is 29.0 Å². The molecule has 0 saturated heterocycles. The van der Waals surface area contributed by atoms with Gasteiger partial charge in [0.2, 0.25) is 0 Å². The molecule has 2 aromatic carbocycles. The second kappa shape index (κ2) is 5.65. The fourth-order valence-corrected chi connectivity index (χ4v) is 1.74.